The van der Waals surface area contributed by atoms with Crippen molar-refractivity contribution in [1.82, 2.24) is 9.78 Å². The number of rotatable bonds is 1. The highest BCUT2D eigenvalue weighted by Crippen LogP contribution is 2.71. The SMILES string of the molecule is C[C@@]12Cc3cnn(-c4ccc(F)c(F)c4)c3C=C1CC[C@H]1[C@H]2[C@H](O)C[C@]2(C)[C@@H]1CC[C@]21OCOC12COCO2. The Labute approximate surface area is 226 Å². The zero-order valence-corrected chi connectivity index (χ0v) is 22.3. The Balaban J connectivity index is 1.15. The number of aliphatic hydroxyl groups is 1. The summed E-state index contributed by atoms with van der Waals surface area (Å²) in [6.45, 7) is 5.32. The fourth-order valence-electron chi connectivity index (χ4n) is 9.98. The number of halogens is 2. The summed E-state index contributed by atoms with van der Waals surface area (Å²) < 4.78 is 53.6. The van der Waals surface area contributed by atoms with E-state index in [1.54, 1.807) is 10.7 Å². The molecule has 0 bridgehead atoms. The zero-order valence-electron chi connectivity index (χ0n) is 22.3. The van der Waals surface area contributed by atoms with E-state index in [0.29, 0.717) is 30.6 Å². The second-order valence-electron chi connectivity index (χ2n) is 13.0. The molecule has 5 fully saturated rings. The highest BCUT2D eigenvalue weighted by Gasteiger charge is 2.76. The van der Waals surface area contributed by atoms with Crippen LogP contribution in [0.3, 0.4) is 0 Å². The van der Waals surface area contributed by atoms with Gasteiger partial charge < -0.3 is 24.1 Å². The molecule has 2 aliphatic heterocycles. The van der Waals surface area contributed by atoms with Gasteiger partial charge in [0.25, 0.3) is 0 Å². The lowest BCUT2D eigenvalue weighted by Gasteiger charge is -2.61. The first-order chi connectivity index (χ1) is 18.7. The number of nitrogens with zero attached hydrogens (tertiary/aromatic N) is 2. The molecule has 7 nitrogen and oxygen atoms in total. The number of ether oxygens (including phenoxy) is 4. The molecule has 8 atom stereocenters. The second-order valence-corrected chi connectivity index (χ2v) is 13.0. The van der Waals surface area contributed by atoms with Gasteiger partial charge in [-0.15, -0.1) is 0 Å². The Hall–Kier alpha value is -2.17. The molecule has 208 valence electrons. The fourth-order valence-corrected chi connectivity index (χ4v) is 9.98. The molecule has 0 radical (unpaired) electrons. The van der Waals surface area contributed by atoms with Crippen LogP contribution in [0.25, 0.3) is 11.8 Å². The third kappa shape index (κ3) is 2.95. The predicted molar refractivity (Wildman–Crippen MR) is 135 cm³/mol. The largest absolute Gasteiger partial charge is 0.393 e. The highest BCUT2D eigenvalue weighted by atomic mass is 19.2. The maximum atomic E-state index is 14.0. The van der Waals surface area contributed by atoms with Gasteiger partial charge in [-0.1, -0.05) is 19.4 Å². The summed E-state index contributed by atoms with van der Waals surface area (Å²) in [5, 5.41) is 16.6. The van der Waals surface area contributed by atoms with Crippen molar-refractivity contribution >= 4 is 6.08 Å². The lowest BCUT2D eigenvalue weighted by atomic mass is 9.45. The van der Waals surface area contributed by atoms with E-state index in [9.17, 15) is 13.9 Å². The van der Waals surface area contributed by atoms with Crippen LogP contribution in [0.2, 0.25) is 0 Å². The minimum Gasteiger partial charge on any atom is -0.393 e. The van der Waals surface area contributed by atoms with Gasteiger partial charge >= 0.3 is 0 Å². The van der Waals surface area contributed by atoms with Crippen molar-refractivity contribution in [2.45, 2.75) is 69.9 Å². The molecular weight excluding hydrogens is 506 g/mol. The summed E-state index contributed by atoms with van der Waals surface area (Å²) in [5.74, 6) is -1.85. The van der Waals surface area contributed by atoms with Gasteiger partial charge in [-0.05, 0) is 85.5 Å². The second kappa shape index (κ2) is 7.97. The van der Waals surface area contributed by atoms with Gasteiger partial charge in [-0.25, -0.2) is 13.5 Å². The molecule has 1 unspecified atom stereocenters. The smallest absolute Gasteiger partial charge is 0.226 e. The minimum atomic E-state index is -0.902. The molecule has 0 amide bonds. The Kier molecular flexibility index (Phi) is 5.03. The van der Waals surface area contributed by atoms with E-state index in [1.165, 1.54) is 11.6 Å². The molecule has 3 heterocycles. The molecular formula is C30H34F2N2O5. The van der Waals surface area contributed by atoms with Crippen molar-refractivity contribution in [3.63, 3.8) is 0 Å². The molecule has 8 rings (SSSR count). The average Bonchev–Trinajstić information content (AvgIpc) is 3.68. The van der Waals surface area contributed by atoms with Gasteiger partial charge in [0.2, 0.25) is 5.79 Å². The van der Waals surface area contributed by atoms with Crippen LogP contribution in [0.4, 0.5) is 8.78 Å². The molecule has 2 aromatic rings. The van der Waals surface area contributed by atoms with Gasteiger partial charge in [0.15, 0.2) is 25.2 Å². The molecule has 1 aromatic carbocycles. The number of benzene rings is 1. The summed E-state index contributed by atoms with van der Waals surface area (Å²) >= 11 is 0. The lowest BCUT2D eigenvalue weighted by molar-refractivity contribution is -0.257. The third-order valence-corrected chi connectivity index (χ3v) is 11.6. The Morgan fingerprint density at radius 1 is 1.08 bits per heavy atom. The number of hydrogen-bond acceptors (Lipinski definition) is 6. The van der Waals surface area contributed by atoms with Crippen LogP contribution < -0.4 is 0 Å². The molecule has 1 aromatic heterocycles. The van der Waals surface area contributed by atoms with E-state index in [4.69, 9.17) is 18.9 Å². The van der Waals surface area contributed by atoms with Crippen molar-refractivity contribution in [2.75, 3.05) is 20.2 Å². The van der Waals surface area contributed by atoms with E-state index < -0.39 is 29.1 Å². The topological polar surface area (TPSA) is 75.0 Å². The molecule has 39 heavy (non-hydrogen) atoms. The monoisotopic (exact) mass is 540 g/mol. The van der Waals surface area contributed by atoms with Crippen molar-refractivity contribution in [1.29, 1.82) is 0 Å². The van der Waals surface area contributed by atoms with Crippen molar-refractivity contribution in [2.24, 2.45) is 28.6 Å². The summed E-state index contributed by atoms with van der Waals surface area (Å²) in [6, 6.07) is 3.88. The first-order valence-corrected chi connectivity index (χ1v) is 14.1. The predicted octanol–water partition coefficient (Wildman–Crippen LogP) is 4.75. The number of allylic oxidation sites excluding steroid dienone is 1. The van der Waals surface area contributed by atoms with Crippen LogP contribution >= 0.6 is 0 Å². The van der Waals surface area contributed by atoms with Crippen LogP contribution in [-0.4, -0.2) is 52.6 Å². The normalized spacial score (nSPS) is 44.3. The molecule has 3 saturated carbocycles. The number of aromatic nitrogens is 2. The van der Waals surface area contributed by atoms with Crippen LogP contribution in [0.15, 0.2) is 30.0 Å². The number of fused-ring (bicyclic) bond motifs is 8. The zero-order chi connectivity index (χ0) is 26.8. The Morgan fingerprint density at radius 2 is 1.92 bits per heavy atom. The molecule has 2 saturated heterocycles. The summed E-state index contributed by atoms with van der Waals surface area (Å²) in [5.41, 5.74) is 2.64. The fraction of sp³-hybridized carbons (Fsp3) is 0.633. The first-order valence-electron chi connectivity index (χ1n) is 14.1. The number of hydrogen-bond donors (Lipinski definition) is 1. The van der Waals surface area contributed by atoms with Crippen molar-refractivity contribution < 1.29 is 32.8 Å². The van der Waals surface area contributed by atoms with Crippen molar-refractivity contribution in [3.8, 4) is 5.69 Å². The van der Waals surface area contributed by atoms with Crippen LogP contribution in [-0.2, 0) is 25.4 Å². The standard InChI is InChI=1S/C30H34F2N2O5/c1-27-11-17-13-33-34(19-4-6-22(31)23(32)10-19)24(17)9-18(27)3-5-20-21-7-8-29(28(21,2)12-25(35)26(20)27)30(39-16-37-29)14-36-15-38-30/h4,6,9-10,13,20-21,25-26,35H,3,5,7-8,11-12,14-16H2,1-2H3/t20-,21-,25-,26+,27-,28-,29+,30?/m1/s1. The molecule has 1 N–H and O–H groups in total. The maximum absolute atomic E-state index is 14.0. The minimum absolute atomic E-state index is 0.101. The van der Waals surface area contributed by atoms with Crippen LogP contribution in [0.1, 0.15) is 57.2 Å². The Morgan fingerprint density at radius 3 is 2.72 bits per heavy atom. The number of aliphatic hydroxyl groups excluding tert-OH is 1. The van der Waals surface area contributed by atoms with E-state index in [-0.39, 0.29) is 30.3 Å². The van der Waals surface area contributed by atoms with Crippen LogP contribution in [0.5, 0.6) is 0 Å². The molecule has 6 aliphatic rings. The average molecular weight is 541 g/mol. The van der Waals surface area contributed by atoms with Gasteiger partial charge in [0.1, 0.15) is 12.2 Å². The molecule has 4 aliphatic carbocycles. The van der Waals surface area contributed by atoms with E-state index in [1.807, 2.05) is 6.20 Å². The third-order valence-electron chi connectivity index (χ3n) is 11.6. The van der Waals surface area contributed by atoms with Gasteiger partial charge in [0, 0.05) is 11.5 Å². The lowest BCUT2D eigenvalue weighted by Crippen LogP contribution is -2.66. The molecule has 2 spiro atoms. The van der Waals surface area contributed by atoms with Crippen molar-refractivity contribution in [3.05, 3.63) is 52.9 Å². The Bertz CT molecular complexity index is 1380. The quantitative estimate of drug-likeness (QED) is 0.563. The van der Waals surface area contributed by atoms with Gasteiger partial charge in [-0.3, -0.25) is 0 Å². The van der Waals surface area contributed by atoms with E-state index in [2.05, 4.69) is 25.0 Å². The van der Waals surface area contributed by atoms with Crippen LogP contribution in [0, 0.1) is 40.2 Å². The van der Waals surface area contributed by atoms with Gasteiger partial charge in [0.05, 0.1) is 23.7 Å². The summed E-state index contributed by atoms with van der Waals surface area (Å²) in [4.78, 5) is 0. The highest BCUT2D eigenvalue weighted by molar-refractivity contribution is 5.61. The van der Waals surface area contributed by atoms with Gasteiger partial charge in [-0.2, -0.15) is 5.10 Å². The molecule has 9 heteroatoms. The summed E-state index contributed by atoms with van der Waals surface area (Å²) in [7, 11) is 0. The summed E-state index contributed by atoms with van der Waals surface area (Å²) in [6.07, 6.45) is 8.65. The first kappa shape index (κ1) is 24.6. The van der Waals surface area contributed by atoms with E-state index in [0.717, 1.165) is 49.4 Å². The van der Waals surface area contributed by atoms with E-state index >= 15 is 0 Å². The maximum Gasteiger partial charge on any atom is 0.226 e.